The number of aliphatic hydroxyl groups excluding tert-OH is 2. The SMILES string of the molecule is CCC(=O)O[C@H]1C(=O)[C@@]2(C)[C@H]([C@H](OC(=O)c3cccc(OC)c3)[C@]3(O)C[C@H](OC(=O)[C@H](O)[C@H](C=C(F)F)NC(=O)OC(C)(C)C)C(C)=C1C3(C)C)[C@]1(OC(C)=O)CO[C@@H]1C[C@@H]2O. The van der Waals surface area contributed by atoms with Crippen molar-refractivity contribution >= 4 is 35.8 Å². The average molecular weight is 880 g/mol. The third-order valence-corrected chi connectivity index (χ3v) is 12.6. The van der Waals surface area contributed by atoms with Gasteiger partial charge in [0.2, 0.25) is 0 Å². The Morgan fingerprint density at radius 2 is 1.74 bits per heavy atom. The molecule has 2 saturated carbocycles. The summed E-state index contributed by atoms with van der Waals surface area (Å²) in [4.78, 5) is 82.6. The van der Waals surface area contributed by atoms with Gasteiger partial charge in [0.1, 0.15) is 35.3 Å². The number of hydrogen-bond acceptors (Lipinski definition) is 16. The summed E-state index contributed by atoms with van der Waals surface area (Å²) in [5.41, 5.74) is -9.66. The number of rotatable bonds is 11. The van der Waals surface area contributed by atoms with Gasteiger partial charge in [-0.05, 0) is 64.0 Å². The lowest BCUT2D eigenvalue weighted by atomic mass is 9.44. The molecular formula is C43H55F2NO16. The van der Waals surface area contributed by atoms with Crippen molar-refractivity contribution in [1.29, 1.82) is 0 Å². The zero-order valence-electron chi connectivity index (χ0n) is 36.2. The van der Waals surface area contributed by atoms with Gasteiger partial charge >= 0.3 is 30.0 Å². The van der Waals surface area contributed by atoms with Gasteiger partial charge in [-0.15, -0.1) is 0 Å². The summed E-state index contributed by atoms with van der Waals surface area (Å²) in [6, 6.07) is 3.67. The summed E-state index contributed by atoms with van der Waals surface area (Å²) < 4.78 is 67.6. The largest absolute Gasteiger partial charge is 0.497 e. The number of ketones is 1. The molecule has 17 nitrogen and oxygen atoms in total. The molecule has 342 valence electrons. The fraction of sp³-hybridized carbons (Fsp3) is 0.628. The van der Waals surface area contributed by atoms with Crippen molar-refractivity contribution in [3.05, 3.63) is 53.1 Å². The predicted molar refractivity (Wildman–Crippen MR) is 209 cm³/mol. The number of fused-ring (bicyclic) bond motifs is 5. The summed E-state index contributed by atoms with van der Waals surface area (Å²) >= 11 is 0. The molecule has 0 radical (unpaired) electrons. The molecule has 5 rings (SSSR count). The monoisotopic (exact) mass is 879 g/mol. The van der Waals surface area contributed by atoms with Crippen LogP contribution in [0, 0.1) is 16.7 Å². The number of ether oxygens (including phenoxy) is 7. The maximum Gasteiger partial charge on any atom is 0.408 e. The van der Waals surface area contributed by atoms with Gasteiger partial charge in [0.15, 0.2) is 23.6 Å². The maximum atomic E-state index is 15.5. The molecule has 0 aromatic heterocycles. The number of amides is 1. The molecule has 11 atom stereocenters. The highest BCUT2D eigenvalue weighted by Gasteiger charge is 2.78. The Hall–Kier alpha value is -4.98. The number of carbonyl (C=O) groups excluding carboxylic acids is 6. The Labute approximate surface area is 357 Å². The summed E-state index contributed by atoms with van der Waals surface area (Å²) in [6.45, 7) is 12.3. The third-order valence-electron chi connectivity index (χ3n) is 12.6. The molecule has 1 aliphatic heterocycles. The van der Waals surface area contributed by atoms with Crippen molar-refractivity contribution in [2.45, 2.75) is 141 Å². The topological polar surface area (TPSA) is 240 Å². The van der Waals surface area contributed by atoms with Crippen molar-refractivity contribution in [2.75, 3.05) is 13.7 Å². The van der Waals surface area contributed by atoms with E-state index in [2.05, 4.69) is 0 Å². The number of halogens is 2. The van der Waals surface area contributed by atoms with Crippen LogP contribution in [0.4, 0.5) is 13.6 Å². The average Bonchev–Trinajstić information content (AvgIpc) is 3.17. The second-order valence-electron chi connectivity index (χ2n) is 17.9. The van der Waals surface area contributed by atoms with E-state index in [4.69, 9.17) is 33.2 Å². The van der Waals surface area contributed by atoms with E-state index in [-0.39, 0.29) is 41.4 Å². The van der Waals surface area contributed by atoms with Gasteiger partial charge in [0.05, 0.1) is 42.8 Å². The third kappa shape index (κ3) is 8.55. The number of hydrogen-bond donors (Lipinski definition) is 4. The smallest absolute Gasteiger partial charge is 0.408 e. The number of methoxy groups -OCH3 is 1. The molecule has 3 fully saturated rings. The van der Waals surface area contributed by atoms with Crippen molar-refractivity contribution in [1.82, 2.24) is 5.32 Å². The highest BCUT2D eigenvalue weighted by molar-refractivity contribution is 5.96. The van der Waals surface area contributed by atoms with Crippen molar-refractivity contribution < 1.29 is 86.0 Å². The number of carbonyl (C=O) groups is 6. The Bertz CT molecular complexity index is 2040. The van der Waals surface area contributed by atoms with Crippen LogP contribution in [0.15, 0.2) is 47.6 Å². The van der Waals surface area contributed by atoms with Crippen LogP contribution >= 0.6 is 0 Å². The van der Waals surface area contributed by atoms with Crippen LogP contribution in [0.2, 0.25) is 0 Å². The van der Waals surface area contributed by atoms with Crippen molar-refractivity contribution in [2.24, 2.45) is 16.7 Å². The molecule has 19 heteroatoms. The molecule has 3 aliphatic carbocycles. The van der Waals surface area contributed by atoms with Crippen LogP contribution in [0.5, 0.6) is 5.75 Å². The van der Waals surface area contributed by atoms with Gasteiger partial charge in [0, 0.05) is 37.7 Å². The molecule has 4 aliphatic rings. The molecule has 0 spiro atoms. The van der Waals surface area contributed by atoms with E-state index in [0.717, 1.165) is 6.92 Å². The van der Waals surface area contributed by atoms with E-state index in [1.165, 1.54) is 80.7 Å². The Morgan fingerprint density at radius 1 is 1.08 bits per heavy atom. The Morgan fingerprint density at radius 3 is 2.29 bits per heavy atom. The molecule has 4 N–H and O–H groups in total. The normalized spacial score (nSPS) is 32.1. The number of esters is 4. The molecule has 62 heavy (non-hydrogen) atoms. The van der Waals surface area contributed by atoms with Crippen LogP contribution < -0.4 is 10.1 Å². The van der Waals surface area contributed by atoms with Crippen LogP contribution in [0.1, 0.15) is 91.9 Å². The van der Waals surface area contributed by atoms with Crippen LogP contribution in [-0.2, 0) is 47.6 Å². The van der Waals surface area contributed by atoms with E-state index in [1.54, 1.807) is 6.07 Å². The van der Waals surface area contributed by atoms with E-state index in [0.29, 0.717) is 0 Å². The summed E-state index contributed by atoms with van der Waals surface area (Å²) in [5, 5.41) is 38.8. The fourth-order valence-corrected chi connectivity index (χ4v) is 9.39. The van der Waals surface area contributed by atoms with Gasteiger partial charge in [-0.3, -0.25) is 14.4 Å². The minimum atomic E-state index is -2.54. The van der Waals surface area contributed by atoms with Crippen LogP contribution in [0.25, 0.3) is 0 Å². The molecule has 1 saturated heterocycles. The zero-order valence-corrected chi connectivity index (χ0v) is 36.2. The number of alkyl carbamates (subject to hydrolysis) is 1. The molecule has 1 amide bonds. The molecule has 1 aromatic rings. The standard InChI is InChI=1S/C43H55F2NO16/c1-11-29(49)59-32-30-20(2)25(58-37(53)31(50)24(16-28(44)45)46-38(54)62-39(4,5)6)18-43(55,40(30,7)8)35(60-36(52)22-13-12-14-23(15-22)56-10)33-41(9,34(32)51)26(48)17-27-42(33,19-57-27)61-21(3)47/h12-16,24-27,31-33,35,48,50,55H,11,17-19H2,1-10H3,(H,46,54)/t24-,25-,26-,27+,31+,32+,33-,35-,41+,42-,43+/m0/s1. The first-order valence-corrected chi connectivity index (χ1v) is 20.1. The molecule has 0 unspecified atom stereocenters. The van der Waals surface area contributed by atoms with E-state index >= 15 is 4.79 Å². The van der Waals surface area contributed by atoms with E-state index in [9.17, 15) is 48.1 Å². The Kier molecular flexibility index (Phi) is 13.4. The molecule has 1 aromatic carbocycles. The number of Topliss-reactive ketones (excluding diaryl/α,β-unsaturated/α-hetero) is 1. The number of aliphatic hydroxyl groups is 3. The zero-order chi connectivity index (χ0) is 46.5. The van der Waals surface area contributed by atoms with Gasteiger partial charge in [0.25, 0.3) is 6.08 Å². The van der Waals surface area contributed by atoms with Crippen molar-refractivity contribution in [3.8, 4) is 5.75 Å². The number of benzene rings is 1. The lowest BCUT2D eigenvalue weighted by Crippen LogP contribution is -2.82. The Balaban J connectivity index is 1.76. The lowest BCUT2D eigenvalue weighted by molar-refractivity contribution is -0.346. The molecule has 1 heterocycles. The summed E-state index contributed by atoms with van der Waals surface area (Å²) in [5.74, 6) is -6.76. The second-order valence-corrected chi connectivity index (χ2v) is 17.9. The highest BCUT2D eigenvalue weighted by Crippen LogP contribution is 2.64. The van der Waals surface area contributed by atoms with Gasteiger partial charge in [-0.2, -0.15) is 8.78 Å². The van der Waals surface area contributed by atoms with Crippen LogP contribution in [0.3, 0.4) is 0 Å². The molecule has 2 bridgehead atoms. The van der Waals surface area contributed by atoms with Gasteiger partial charge in [-0.1, -0.05) is 26.8 Å². The minimum absolute atomic E-state index is 0.0103. The first-order chi connectivity index (χ1) is 28.7. The highest BCUT2D eigenvalue weighted by atomic mass is 19.3. The number of nitrogens with one attached hydrogen (secondary N) is 1. The molecular weight excluding hydrogens is 824 g/mol. The minimum Gasteiger partial charge on any atom is -0.497 e. The first kappa shape index (κ1) is 48.1. The first-order valence-electron chi connectivity index (χ1n) is 20.1. The fourth-order valence-electron chi connectivity index (χ4n) is 9.39. The summed E-state index contributed by atoms with van der Waals surface area (Å²) in [7, 11) is 1.36. The van der Waals surface area contributed by atoms with Crippen molar-refractivity contribution in [3.63, 3.8) is 0 Å². The quantitative estimate of drug-likeness (QED) is 0.141. The summed E-state index contributed by atoms with van der Waals surface area (Å²) in [6.07, 6.45) is -15.7. The second kappa shape index (κ2) is 17.3. The predicted octanol–water partition coefficient (Wildman–Crippen LogP) is 3.64. The van der Waals surface area contributed by atoms with Gasteiger partial charge in [-0.25, -0.2) is 14.4 Å². The lowest BCUT2D eigenvalue weighted by Gasteiger charge is -2.67. The van der Waals surface area contributed by atoms with E-state index in [1.807, 2.05) is 5.32 Å². The van der Waals surface area contributed by atoms with Crippen LogP contribution in [-0.4, -0.2) is 124 Å². The maximum absolute atomic E-state index is 15.5. The van der Waals surface area contributed by atoms with E-state index < -0.39 is 131 Å². The van der Waals surface area contributed by atoms with Gasteiger partial charge < -0.3 is 53.8 Å².